The lowest BCUT2D eigenvalue weighted by molar-refractivity contribution is 0.712. The first kappa shape index (κ1) is 25.4. The van der Waals surface area contributed by atoms with Gasteiger partial charge in [-0.25, -0.2) is 0 Å². The molecule has 1 aromatic heterocycles. The van der Waals surface area contributed by atoms with Gasteiger partial charge in [0, 0.05) is 30.0 Å². The van der Waals surface area contributed by atoms with Gasteiger partial charge in [0.2, 0.25) is 0 Å². The average Bonchev–Trinajstić information content (AvgIpc) is 2.78. The van der Waals surface area contributed by atoms with Gasteiger partial charge in [-0.3, -0.25) is 4.79 Å². The van der Waals surface area contributed by atoms with Crippen LogP contribution in [-0.2, 0) is 0 Å². The van der Waals surface area contributed by atoms with Gasteiger partial charge in [0.1, 0.15) is 0 Å². The first-order valence-electron chi connectivity index (χ1n) is 11.2. The number of benzene rings is 2. The smallest absolute Gasteiger partial charge is 0.195 e. The largest absolute Gasteiger partial charge is 0.289 e. The molecule has 0 aliphatic heterocycles. The van der Waals surface area contributed by atoms with Crippen LogP contribution in [0.1, 0.15) is 51.4 Å². The molecular weight excluding hydrogens is 477 g/mol. The molecule has 0 spiro atoms. The van der Waals surface area contributed by atoms with Crippen LogP contribution in [0.25, 0.3) is 20.2 Å². The Morgan fingerprint density at radius 1 is 0.645 bits per heavy atom. The Morgan fingerprint density at radius 2 is 1.10 bits per heavy atom. The van der Waals surface area contributed by atoms with Crippen molar-refractivity contribution in [2.75, 3.05) is 23.0 Å². The summed E-state index contributed by atoms with van der Waals surface area (Å²) in [5, 5.41) is 1.69. The highest BCUT2D eigenvalue weighted by Crippen LogP contribution is 2.32. The molecule has 1 nitrogen and oxygen atoms in total. The maximum atomic E-state index is 13.0. The monoisotopic (exact) mass is 508 g/mol. The lowest BCUT2D eigenvalue weighted by Crippen LogP contribution is -2.00. The maximum Gasteiger partial charge on any atom is 0.195 e. The van der Waals surface area contributed by atoms with Crippen LogP contribution >= 0.6 is 60.1 Å². The molecule has 0 radical (unpaired) electrons. The Kier molecular flexibility index (Phi) is 11.5. The number of fused-ring (bicyclic) bond motifs is 2. The summed E-state index contributed by atoms with van der Waals surface area (Å²) in [5.41, 5.74) is 0.162. The minimum atomic E-state index is 0.162. The van der Waals surface area contributed by atoms with Crippen LogP contribution in [0.2, 0.25) is 0 Å². The molecular formula is C25H32OS5. The van der Waals surface area contributed by atoms with Crippen LogP contribution in [0.5, 0.6) is 0 Å². The van der Waals surface area contributed by atoms with Gasteiger partial charge in [-0.05, 0) is 85.1 Å². The van der Waals surface area contributed by atoms with Crippen LogP contribution in [0.15, 0.2) is 51.0 Å². The molecule has 6 heteroatoms. The van der Waals surface area contributed by atoms with Crippen molar-refractivity contribution in [2.24, 2.45) is 0 Å². The normalized spacial score (nSPS) is 11.5. The number of rotatable bonds is 14. The second-order valence-electron chi connectivity index (χ2n) is 7.72. The molecule has 2 aromatic carbocycles. The Labute approximate surface area is 210 Å². The number of thiol groups is 2. The van der Waals surface area contributed by atoms with E-state index in [1.165, 1.54) is 61.2 Å². The van der Waals surface area contributed by atoms with Gasteiger partial charge in [-0.1, -0.05) is 25.7 Å². The Morgan fingerprint density at radius 3 is 1.55 bits per heavy atom. The molecule has 1 heterocycles. The zero-order valence-corrected chi connectivity index (χ0v) is 22.2. The van der Waals surface area contributed by atoms with Gasteiger partial charge in [0.25, 0.3) is 0 Å². The molecule has 0 amide bonds. The Balaban J connectivity index is 1.66. The van der Waals surface area contributed by atoms with Crippen molar-refractivity contribution in [3.63, 3.8) is 0 Å². The molecule has 31 heavy (non-hydrogen) atoms. The van der Waals surface area contributed by atoms with E-state index in [9.17, 15) is 4.79 Å². The van der Waals surface area contributed by atoms with E-state index in [-0.39, 0.29) is 5.43 Å². The third kappa shape index (κ3) is 7.92. The van der Waals surface area contributed by atoms with Crippen LogP contribution in [-0.4, -0.2) is 23.0 Å². The summed E-state index contributed by atoms with van der Waals surface area (Å²) in [5.74, 6) is 4.24. The third-order valence-corrected chi connectivity index (χ3v) is 9.17. The fraction of sp³-hybridized carbons (Fsp3) is 0.480. The standard InChI is InChI=1S/C25H32OS5/c26-25-21-11-9-19(29-15-7-3-1-5-13-27)17-23(21)31-24-18-20(10-12-22(24)25)30-16-8-4-2-6-14-28/h9-12,17-18,27-28H,1-8,13-16H2. The fourth-order valence-electron chi connectivity index (χ4n) is 3.51. The summed E-state index contributed by atoms with van der Waals surface area (Å²) in [4.78, 5) is 15.5. The van der Waals surface area contributed by atoms with E-state index < -0.39 is 0 Å². The highest BCUT2D eigenvalue weighted by atomic mass is 32.2. The van der Waals surface area contributed by atoms with Crippen LogP contribution in [0.3, 0.4) is 0 Å². The predicted octanol–water partition coefficient (Wildman–Crippen LogP) is 8.58. The quantitative estimate of drug-likeness (QED) is 0.0983. The zero-order chi connectivity index (χ0) is 21.9. The molecule has 0 aliphatic rings. The first-order chi connectivity index (χ1) is 15.2. The molecule has 0 saturated heterocycles. The average molecular weight is 509 g/mol. The number of unbranched alkanes of at least 4 members (excludes halogenated alkanes) is 6. The van der Waals surface area contributed by atoms with Crippen LogP contribution < -0.4 is 5.43 Å². The van der Waals surface area contributed by atoms with E-state index in [0.29, 0.717) is 0 Å². The summed E-state index contributed by atoms with van der Waals surface area (Å²) in [6.45, 7) is 0. The predicted molar refractivity (Wildman–Crippen MR) is 152 cm³/mol. The van der Waals surface area contributed by atoms with E-state index in [1.807, 2.05) is 35.7 Å². The maximum absolute atomic E-state index is 13.0. The molecule has 0 fully saturated rings. The molecule has 0 saturated carbocycles. The van der Waals surface area contributed by atoms with Gasteiger partial charge >= 0.3 is 0 Å². The van der Waals surface area contributed by atoms with Gasteiger partial charge in [0.15, 0.2) is 5.43 Å². The lowest BCUT2D eigenvalue weighted by Gasteiger charge is -2.07. The second-order valence-corrected chi connectivity index (χ2v) is 12.0. The van der Waals surface area contributed by atoms with Crippen LogP contribution in [0.4, 0.5) is 0 Å². The summed E-state index contributed by atoms with van der Waals surface area (Å²) >= 11 is 14.1. The number of thioether (sulfide) groups is 2. The zero-order valence-electron chi connectivity index (χ0n) is 18.0. The minimum Gasteiger partial charge on any atom is -0.289 e. The van der Waals surface area contributed by atoms with E-state index in [4.69, 9.17) is 0 Å². The topological polar surface area (TPSA) is 17.1 Å². The van der Waals surface area contributed by atoms with E-state index in [1.54, 1.807) is 11.3 Å². The van der Waals surface area contributed by atoms with Crippen molar-refractivity contribution in [2.45, 2.75) is 61.2 Å². The molecule has 3 rings (SSSR count). The lowest BCUT2D eigenvalue weighted by atomic mass is 10.2. The van der Waals surface area contributed by atoms with Crippen molar-refractivity contribution < 1.29 is 0 Å². The SMILES string of the molecule is O=c1c2ccc(SCCCCCCS)cc2sc2cc(SCCCCCCS)ccc12. The van der Waals surface area contributed by atoms with Gasteiger partial charge in [-0.2, -0.15) is 25.3 Å². The van der Waals surface area contributed by atoms with Crippen molar-refractivity contribution in [3.05, 3.63) is 46.6 Å². The van der Waals surface area contributed by atoms with E-state index in [2.05, 4.69) is 49.5 Å². The fourth-order valence-corrected chi connectivity index (χ4v) is 7.15. The molecule has 0 aliphatic carbocycles. The highest BCUT2D eigenvalue weighted by Gasteiger charge is 2.08. The molecule has 0 N–H and O–H groups in total. The number of hydrogen-bond donors (Lipinski definition) is 2. The third-order valence-electron chi connectivity index (χ3n) is 5.26. The highest BCUT2D eigenvalue weighted by molar-refractivity contribution is 7.99. The first-order valence-corrected chi connectivity index (χ1v) is 15.3. The molecule has 168 valence electrons. The number of hydrogen-bond acceptors (Lipinski definition) is 6. The van der Waals surface area contributed by atoms with Crippen molar-refractivity contribution in [3.8, 4) is 0 Å². The summed E-state index contributed by atoms with van der Waals surface area (Å²) < 4.78 is 2.21. The van der Waals surface area contributed by atoms with E-state index in [0.717, 1.165) is 43.2 Å². The van der Waals surface area contributed by atoms with E-state index >= 15 is 0 Å². The summed E-state index contributed by atoms with van der Waals surface area (Å²) in [6, 6.07) is 12.7. The van der Waals surface area contributed by atoms with Crippen molar-refractivity contribution in [1.82, 2.24) is 0 Å². The molecule has 0 atom stereocenters. The van der Waals surface area contributed by atoms with Gasteiger partial charge in [-0.15, -0.1) is 34.9 Å². The van der Waals surface area contributed by atoms with Gasteiger partial charge < -0.3 is 0 Å². The Hall–Kier alpha value is -0.270. The Bertz CT molecular complexity index is 937. The minimum absolute atomic E-state index is 0.162. The second kappa shape index (κ2) is 14.1. The molecule has 0 unspecified atom stereocenters. The van der Waals surface area contributed by atoms with Crippen molar-refractivity contribution in [1.29, 1.82) is 0 Å². The summed E-state index contributed by atoms with van der Waals surface area (Å²) in [6.07, 6.45) is 9.97. The van der Waals surface area contributed by atoms with Gasteiger partial charge in [0.05, 0.1) is 0 Å². The summed E-state index contributed by atoms with van der Waals surface area (Å²) in [7, 11) is 0. The molecule has 3 aromatic rings. The van der Waals surface area contributed by atoms with Crippen LogP contribution in [0, 0.1) is 0 Å². The van der Waals surface area contributed by atoms with Crippen molar-refractivity contribution >= 4 is 80.3 Å². The molecule has 0 bridgehead atoms.